The Morgan fingerprint density at radius 2 is 2.11 bits per heavy atom. The monoisotopic (exact) mass is 298 g/mol. The molecule has 0 aromatic carbocycles. The highest BCUT2D eigenvalue weighted by molar-refractivity contribution is 8.14. The van der Waals surface area contributed by atoms with Gasteiger partial charge in [-0.3, -0.25) is 4.99 Å². The van der Waals surface area contributed by atoms with E-state index in [1.54, 1.807) is 0 Å². The van der Waals surface area contributed by atoms with E-state index >= 15 is 0 Å². The first-order chi connectivity index (χ1) is 9.02. The summed E-state index contributed by atoms with van der Waals surface area (Å²) in [4.78, 5) is 3.95. The van der Waals surface area contributed by atoms with E-state index in [4.69, 9.17) is 9.84 Å². The van der Waals surface area contributed by atoms with Crippen LogP contribution in [-0.2, 0) is 4.74 Å². The van der Waals surface area contributed by atoms with Gasteiger partial charge in [0.1, 0.15) is 23.7 Å². The average molecular weight is 298 g/mol. The molecule has 4 N–H and O–H groups in total. The summed E-state index contributed by atoms with van der Waals surface area (Å²) in [5.74, 6) is 0. The van der Waals surface area contributed by atoms with E-state index in [1.165, 1.54) is 0 Å². The number of nitrogens with one attached hydrogen (secondary N) is 1. The number of rotatable bonds is 4. The van der Waals surface area contributed by atoms with E-state index in [2.05, 4.69) is 10.3 Å². The first kappa shape index (κ1) is 14.9. The van der Waals surface area contributed by atoms with E-state index in [0.29, 0.717) is 5.17 Å². The van der Waals surface area contributed by atoms with Crippen molar-refractivity contribution in [1.29, 1.82) is 0 Å². The number of fused-ring (bicyclic) bond motifs is 1. The van der Waals surface area contributed by atoms with Crippen LogP contribution >= 0.6 is 11.8 Å². The van der Waals surface area contributed by atoms with E-state index in [9.17, 15) is 19.0 Å². The Bertz CT molecular complexity index is 347. The number of alkyl halides is 2. The number of hydrogen-bond acceptors (Lipinski definition) is 6. The van der Waals surface area contributed by atoms with Gasteiger partial charge in [0.05, 0.1) is 12.6 Å². The van der Waals surface area contributed by atoms with Crippen molar-refractivity contribution >= 4 is 16.9 Å². The van der Waals surface area contributed by atoms with Gasteiger partial charge in [-0.2, -0.15) is 0 Å². The standard InChI is InChI=1S/C10H16F2N2O4S/c11-5(12)1-2-13-10-14-6-8(17)7(16)4(3-15)18-9(6)19-10/h4-9,15-17H,1-3H2,(H,13,14)/t4-,6-,7-,8-,9-/m1/s1. The van der Waals surface area contributed by atoms with E-state index in [0.717, 1.165) is 11.8 Å². The molecule has 0 saturated carbocycles. The molecule has 5 atom stereocenters. The van der Waals surface area contributed by atoms with Crippen LogP contribution in [0.3, 0.4) is 0 Å². The van der Waals surface area contributed by atoms with Crippen LogP contribution in [0.25, 0.3) is 0 Å². The predicted octanol–water partition coefficient (Wildman–Crippen LogP) is -0.858. The molecule has 2 heterocycles. The number of ether oxygens (including phenoxy) is 1. The summed E-state index contributed by atoms with van der Waals surface area (Å²) in [6, 6.07) is -0.562. The van der Waals surface area contributed by atoms with Crippen LogP contribution < -0.4 is 5.32 Å². The maximum absolute atomic E-state index is 12.0. The van der Waals surface area contributed by atoms with Gasteiger partial charge in [0.15, 0.2) is 5.17 Å². The van der Waals surface area contributed by atoms with Crippen LogP contribution in [0.4, 0.5) is 8.78 Å². The minimum absolute atomic E-state index is 0.0193. The van der Waals surface area contributed by atoms with Crippen molar-refractivity contribution in [3.63, 3.8) is 0 Å². The largest absolute Gasteiger partial charge is 0.394 e. The minimum Gasteiger partial charge on any atom is -0.394 e. The first-order valence-corrected chi connectivity index (χ1v) is 6.79. The summed E-state index contributed by atoms with van der Waals surface area (Å²) in [5, 5.41) is 31.9. The second-order valence-electron chi connectivity index (χ2n) is 4.36. The number of aliphatic hydroxyl groups excluding tert-OH is 3. The molecule has 0 aliphatic carbocycles. The average Bonchev–Trinajstić information content (AvgIpc) is 2.76. The Balaban J connectivity index is 1.95. The predicted molar refractivity (Wildman–Crippen MR) is 65.2 cm³/mol. The lowest BCUT2D eigenvalue weighted by atomic mass is 9.98. The Labute approximate surface area is 112 Å². The molecule has 2 saturated heterocycles. The van der Waals surface area contributed by atoms with Crippen molar-refractivity contribution in [2.24, 2.45) is 4.99 Å². The topological polar surface area (TPSA) is 94.3 Å². The van der Waals surface area contributed by atoms with Gasteiger partial charge in [0, 0.05) is 13.0 Å². The SMILES string of the molecule is OC[C@H]1O[C@@H]2SC(=NCCC(F)F)N[C@@H]2[C@@H](O)[C@@H]1O. The molecule has 0 aromatic heterocycles. The minimum atomic E-state index is -2.40. The van der Waals surface area contributed by atoms with Gasteiger partial charge >= 0.3 is 0 Å². The van der Waals surface area contributed by atoms with Crippen LogP contribution in [-0.4, -0.2) is 69.9 Å². The molecular formula is C10H16F2N2O4S. The molecule has 0 aromatic rings. The molecule has 110 valence electrons. The van der Waals surface area contributed by atoms with Crippen LogP contribution in [0.15, 0.2) is 4.99 Å². The van der Waals surface area contributed by atoms with Crippen LogP contribution in [0.5, 0.6) is 0 Å². The molecule has 9 heteroatoms. The van der Waals surface area contributed by atoms with Gasteiger partial charge in [-0.15, -0.1) is 0 Å². The fraction of sp³-hybridized carbons (Fsp3) is 0.900. The molecule has 19 heavy (non-hydrogen) atoms. The smallest absolute Gasteiger partial charge is 0.240 e. The van der Waals surface area contributed by atoms with Crippen molar-refractivity contribution in [3.05, 3.63) is 0 Å². The highest BCUT2D eigenvalue weighted by Crippen LogP contribution is 2.33. The molecule has 2 fully saturated rings. The van der Waals surface area contributed by atoms with Gasteiger partial charge < -0.3 is 25.4 Å². The molecule has 0 amide bonds. The lowest BCUT2D eigenvalue weighted by Gasteiger charge is -2.38. The maximum atomic E-state index is 12.0. The number of nitrogens with zero attached hydrogens (tertiary/aromatic N) is 1. The Morgan fingerprint density at radius 3 is 2.74 bits per heavy atom. The summed E-state index contributed by atoms with van der Waals surface area (Å²) < 4.78 is 29.4. The van der Waals surface area contributed by atoms with Gasteiger partial charge in [-0.25, -0.2) is 8.78 Å². The number of halogens is 2. The van der Waals surface area contributed by atoms with Crippen molar-refractivity contribution < 1.29 is 28.8 Å². The van der Waals surface area contributed by atoms with Gasteiger partial charge in [0.25, 0.3) is 0 Å². The molecule has 0 spiro atoms. The molecule has 0 unspecified atom stereocenters. The van der Waals surface area contributed by atoms with Crippen molar-refractivity contribution in [2.45, 2.75) is 42.6 Å². The van der Waals surface area contributed by atoms with E-state index in [-0.39, 0.29) is 13.0 Å². The summed E-state index contributed by atoms with van der Waals surface area (Å²) in [6.07, 6.45) is -5.88. The molecular weight excluding hydrogens is 282 g/mol. The lowest BCUT2D eigenvalue weighted by molar-refractivity contribution is -0.167. The number of hydrogen-bond donors (Lipinski definition) is 4. The third kappa shape index (κ3) is 3.34. The Kier molecular flexibility index (Phi) is 4.96. The Hall–Kier alpha value is -0.480. The van der Waals surface area contributed by atoms with Crippen LogP contribution in [0.2, 0.25) is 0 Å². The van der Waals surface area contributed by atoms with Crippen molar-refractivity contribution in [2.75, 3.05) is 13.2 Å². The van der Waals surface area contributed by atoms with Gasteiger partial charge in [0.2, 0.25) is 6.43 Å². The molecule has 2 aliphatic rings. The fourth-order valence-corrected chi connectivity index (χ4v) is 3.13. The highest BCUT2D eigenvalue weighted by Gasteiger charge is 2.48. The number of amidine groups is 1. The molecule has 2 aliphatic heterocycles. The summed E-state index contributed by atoms with van der Waals surface area (Å²) in [6.45, 7) is -0.422. The van der Waals surface area contributed by atoms with E-state index < -0.39 is 42.8 Å². The second-order valence-corrected chi connectivity index (χ2v) is 5.45. The molecule has 2 rings (SSSR count). The number of aliphatic hydroxyl groups is 3. The second kappa shape index (κ2) is 6.31. The lowest BCUT2D eigenvalue weighted by Crippen LogP contribution is -2.59. The van der Waals surface area contributed by atoms with Crippen LogP contribution in [0.1, 0.15) is 6.42 Å². The van der Waals surface area contributed by atoms with Crippen LogP contribution in [0, 0.1) is 0 Å². The maximum Gasteiger partial charge on any atom is 0.240 e. The molecule has 0 radical (unpaired) electrons. The van der Waals surface area contributed by atoms with Gasteiger partial charge in [-0.1, -0.05) is 11.8 Å². The number of aliphatic imine (C=N–C) groups is 1. The normalized spacial score (nSPS) is 40.5. The van der Waals surface area contributed by atoms with Crippen molar-refractivity contribution in [3.8, 4) is 0 Å². The highest BCUT2D eigenvalue weighted by atomic mass is 32.2. The zero-order valence-corrected chi connectivity index (χ0v) is 10.8. The van der Waals surface area contributed by atoms with Gasteiger partial charge in [-0.05, 0) is 0 Å². The Morgan fingerprint density at radius 1 is 1.37 bits per heavy atom. The quantitative estimate of drug-likeness (QED) is 0.540. The zero-order valence-electron chi connectivity index (χ0n) is 9.95. The summed E-state index contributed by atoms with van der Waals surface area (Å²) in [7, 11) is 0. The third-order valence-electron chi connectivity index (χ3n) is 3.00. The number of thioether (sulfide) groups is 1. The summed E-state index contributed by atoms with van der Waals surface area (Å²) >= 11 is 1.16. The van der Waals surface area contributed by atoms with E-state index in [1.807, 2.05) is 0 Å². The summed E-state index contributed by atoms with van der Waals surface area (Å²) in [5.41, 5.74) is -0.499. The molecule has 6 nitrogen and oxygen atoms in total. The first-order valence-electron chi connectivity index (χ1n) is 5.91. The molecule has 0 bridgehead atoms. The zero-order chi connectivity index (χ0) is 14.0. The van der Waals surface area contributed by atoms with Crippen molar-refractivity contribution in [1.82, 2.24) is 5.32 Å². The third-order valence-corrected chi connectivity index (χ3v) is 4.11. The fourth-order valence-electron chi connectivity index (χ4n) is 1.97.